The molecule has 0 radical (unpaired) electrons. The van der Waals surface area contributed by atoms with Gasteiger partial charge in [-0.05, 0) is 43.3 Å². The first-order chi connectivity index (χ1) is 8.56. The van der Waals surface area contributed by atoms with Crippen molar-refractivity contribution in [2.75, 3.05) is 5.73 Å². The van der Waals surface area contributed by atoms with Gasteiger partial charge in [-0.2, -0.15) is 0 Å². The van der Waals surface area contributed by atoms with Crippen molar-refractivity contribution < 1.29 is 9.53 Å². The highest BCUT2D eigenvalue weighted by atomic mass is 79.9. The van der Waals surface area contributed by atoms with Crippen LogP contribution in [0.25, 0.3) is 0 Å². The standard InChI is InChI=1S/C14H12BrNO2/c1-9(17)13-7-6-12(8-14(13)16)18-11-4-2-10(15)3-5-11/h2-8H,16H2,1H3. The normalized spacial score (nSPS) is 10.1. The number of hydrogen-bond donors (Lipinski definition) is 1. The topological polar surface area (TPSA) is 52.3 Å². The number of nitrogen functional groups attached to an aromatic ring is 1. The summed E-state index contributed by atoms with van der Waals surface area (Å²) in [5.74, 6) is 1.27. The molecule has 2 aromatic carbocycles. The fourth-order valence-electron chi connectivity index (χ4n) is 1.56. The molecule has 18 heavy (non-hydrogen) atoms. The van der Waals surface area contributed by atoms with Crippen molar-refractivity contribution in [3.05, 3.63) is 52.5 Å². The van der Waals surface area contributed by atoms with E-state index in [1.807, 2.05) is 24.3 Å². The average Bonchev–Trinajstić information content (AvgIpc) is 2.32. The second-order valence-corrected chi connectivity index (χ2v) is 4.78. The predicted molar refractivity (Wildman–Crippen MR) is 75.1 cm³/mol. The first kappa shape index (κ1) is 12.6. The largest absolute Gasteiger partial charge is 0.457 e. The van der Waals surface area contributed by atoms with Crippen LogP contribution in [0.4, 0.5) is 5.69 Å². The molecular weight excluding hydrogens is 294 g/mol. The van der Waals surface area contributed by atoms with E-state index in [1.54, 1.807) is 18.2 Å². The van der Waals surface area contributed by atoms with Crippen molar-refractivity contribution in [3.8, 4) is 11.5 Å². The first-order valence-corrected chi connectivity index (χ1v) is 6.19. The SMILES string of the molecule is CC(=O)c1ccc(Oc2ccc(Br)cc2)cc1N. The predicted octanol–water partition coefficient (Wildman–Crippen LogP) is 4.03. The third-order valence-corrected chi connectivity index (χ3v) is 2.98. The molecule has 0 saturated heterocycles. The Balaban J connectivity index is 2.22. The van der Waals surface area contributed by atoms with Gasteiger partial charge in [0.15, 0.2) is 5.78 Å². The summed E-state index contributed by atoms with van der Waals surface area (Å²) < 4.78 is 6.62. The molecule has 0 bridgehead atoms. The number of benzene rings is 2. The van der Waals surface area contributed by atoms with Crippen LogP contribution in [0.2, 0.25) is 0 Å². The number of hydrogen-bond acceptors (Lipinski definition) is 3. The van der Waals surface area contributed by atoms with Gasteiger partial charge in [0.1, 0.15) is 11.5 Å². The van der Waals surface area contributed by atoms with Crippen molar-refractivity contribution in [1.29, 1.82) is 0 Å². The lowest BCUT2D eigenvalue weighted by molar-refractivity contribution is 0.101. The molecule has 0 aliphatic carbocycles. The summed E-state index contributed by atoms with van der Waals surface area (Å²) in [6.45, 7) is 1.49. The van der Waals surface area contributed by atoms with Gasteiger partial charge in [-0.25, -0.2) is 0 Å². The summed E-state index contributed by atoms with van der Waals surface area (Å²) in [4.78, 5) is 11.2. The Bertz CT molecular complexity index is 579. The maximum atomic E-state index is 11.2. The van der Waals surface area contributed by atoms with Crippen LogP contribution >= 0.6 is 15.9 Å². The molecule has 0 spiro atoms. The minimum absolute atomic E-state index is 0.0531. The highest BCUT2D eigenvalue weighted by Crippen LogP contribution is 2.26. The number of carbonyl (C=O) groups excluding carboxylic acids is 1. The van der Waals surface area contributed by atoms with Gasteiger partial charge in [-0.3, -0.25) is 4.79 Å². The van der Waals surface area contributed by atoms with E-state index in [0.717, 1.165) is 4.47 Å². The van der Waals surface area contributed by atoms with E-state index in [2.05, 4.69) is 15.9 Å². The zero-order valence-corrected chi connectivity index (χ0v) is 11.4. The Labute approximate surface area is 114 Å². The number of Topliss-reactive ketones (excluding diaryl/α,β-unsaturated/α-hetero) is 1. The summed E-state index contributed by atoms with van der Waals surface area (Å²) in [7, 11) is 0. The maximum absolute atomic E-state index is 11.2. The van der Waals surface area contributed by atoms with Gasteiger partial charge in [0.05, 0.1) is 0 Å². The van der Waals surface area contributed by atoms with E-state index >= 15 is 0 Å². The van der Waals surface area contributed by atoms with Gasteiger partial charge >= 0.3 is 0 Å². The number of rotatable bonds is 3. The Morgan fingerprint density at radius 3 is 2.28 bits per heavy atom. The first-order valence-electron chi connectivity index (χ1n) is 5.40. The summed E-state index contributed by atoms with van der Waals surface area (Å²) in [6.07, 6.45) is 0. The minimum atomic E-state index is -0.0531. The molecule has 0 fully saturated rings. The molecular formula is C14H12BrNO2. The molecule has 2 N–H and O–H groups in total. The lowest BCUT2D eigenvalue weighted by atomic mass is 10.1. The summed E-state index contributed by atoms with van der Waals surface area (Å²) in [5, 5.41) is 0. The van der Waals surface area contributed by atoms with E-state index in [-0.39, 0.29) is 5.78 Å². The van der Waals surface area contributed by atoms with Gasteiger partial charge in [0.2, 0.25) is 0 Å². The van der Waals surface area contributed by atoms with Gasteiger partial charge in [0.25, 0.3) is 0 Å². The summed E-state index contributed by atoms with van der Waals surface area (Å²) in [6, 6.07) is 12.5. The lowest BCUT2D eigenvalue weighted by Gasteiger charge is -2.08. The molecule has 0 unspecified atom stereocenters. The Morgan fingerprint density at radius 1 is 1.11 bits per heavy atom. The van der Waals surface area contributed by atoms with Gasteiger partial charge in [-0.1, -0.05) is 15.9 Å². The van der Waals surface area contributed by atoms with Crippen LogP contribution in [0.1, 0.15) is 17.3 Å². The summed E-state index contributed by atoms with van der Waals surface area (Å²) >= 11 is 3.35. The second-order valence-electron chi connectivity index (χ2n) is 3.86. The van der Waals surface area contributed by atoms with Crippen molar-refractivity contribution >= 4 is 27.4 Å². The zero-order chi connectivity index (χ0) is 13.1. The Morgan fingerprint density at radius 2 is 1.72 bits per heavy atom. The van der Waals surface area contributed by atoms with E-state index in [9.17, 15) is 4.79 Å². The molecule has 0 heterocycles. The molecule has 3 nitrogen and oxygen atoms in total. The van der Waals surface area contributed by atoms with E-state index in [0.29, 0.717) is 22.7 Å². The Kier molecular flexibility index (Phi) is 3.67. The zero-order valence-electron chi connectivity index (χ0n) is 9.81. The van der Waals surface area contributed by atoms with Crippen LogP contribution in [0, 0.1) is 0 Å². The molecule has 0 aliphatic heterocycles. The average molecular weight is 306 g/mol. The lowest BCUT2D eigenvalue weighted by Crippen LogP contribution is -1.99. The van der Waals surface area contributed by atoms with Crippen molar-refractivity contribution in [2.24, 2.45) is 0 Å². The smallest absolute Gasteiger partial charge is 0.161 e. The molecule has 0 saturated carbocycles. The molecule has 0 atom stereocenters. The van der Waals surface area contributed by atoms with Crippen molar-refractivity contribution in [1.82, 2.24) is 0 Å². The third kappa shape index (κ3) is 2.90. The Hall–Kier alpha value is -1.81. The quantitative estimate of drug-likeness (QED) is 0.688. The molecule has 2 aromatic rings. The summed E-state index contributed by atoms with van der Waals surface area (Å²) in [5.41, 5.74) is 6.73. The van der Waals surface area contributed by atoms with Crippen LogP contribution < -0.4 is 10.5 Å². The van der Waals surface area contributed by atoms with Crippen LogP contribution in [0.3, 0.4) is 0 Å². The molecule has 2 rings (SSSR count). The highest BCUT2D eigenvalue weighted by Gasteiger charge is 2.06. The van der Waals surface area contributed by atoms with Crippen LogP contribution in [0.15, 0.2) is 46.9 Å². The van der Waals surface area contributed by atoms with Gasteiger partial charge < -0.3 is 10.5 Å². The molecule has 4 heteroatoms. The van der Waals surface area contributed by atoms with Gasteiger partial charge in [-0.15, -0.1) is 0 Å². The van der Waals surface area contributed by atoms with Gasteiger partial charge in [0, 0.05) is 21.8 Å². The van der Waals surface area contributed by atoms with Crippen molar-refractivity contribution in [2.45, 2.75) is 6.92 Å². The second kappa shape index (κ2) is 5.23. The number of anilines is 1. The van der Waals surface area contributed by atoms with Crippen LogP contribution in [-0.2, 0) is 0 Å². The van der Waals surface area contributed by atoms with Crippen LogP contribution in [-0.4, -0.2) is 5.78 Å². The highest BCUT2D eigenvalue weighted by molar-refractivity contribution is 9.10. The van der Waals surface area contributed by atoms with E-state index in [1.165, 1.54) is 6.92 Å². The third-order valence-electron chi connectivity index (χ3n) is 2.45. The van der Waals surface area contributed by atoms with Crippen LogP contribution in [0.5, 0.6) is 11.5 Å². The van der Waals surface area contributed by atoms with E-state index in [4.69, 9.17) is 10.5 Å². The number of ketones is 1. The van der Waals surface area contributed by atoms with E-state index < -0.39 is 0 Å². The van der Waals surface area contributed by atoms with Crippen molar-refractivity contribution in [3.63, 3.8) is 0 Å². The maximum Gasteiger partial charge on any atom is 0.161 e. The minimum Gasteiger partial charge on any atom is -0.457 e. The number of nitrogens with two attached hydrogens (primary N) is 1. The molecule has 0 aromatic heterocycles. The fourth-order valence-corrected chi connectivity index (χ4v) is 1.83. The monoisotopic (exact) mass is 305 g/mol. The number of halogens is 1. The molecule has 0 amide bonds. The number of carbonyl (C=O) groups is 1. The molecule has 92 valence electrons. The fraction of sp³-hybridized carbons (Fsp3) is 0.0714. The molecule has 0 aliphatic rings. The number of ether oxygens (including phenoxy) is 1.